The molecule has 3 saturated heterocycles. The predicted molar refractivity (Wildman–Crippen MR) is 71.2 cm³/mol. The molecule has 3 aliphatic heterocycles. The van der Waals surface area contributed by atoms with E-state index < -0.39 is 0 Å². The molecule has 4 unspecified atom stereocenters. The number of hydrogen-bond acceptors (Lipinski definition) is 3. The number of carbonyl (C=O) groups excluding carboxylic acids is 1. The fraction of sp³-hybridized carbons (Fsp3) is 0.923. The zero-order valence-electron chi connectivity index (χ0n) is 10.5. The maximum absolute atomic E-state index is 12.6. The second kappa shape index (κ2) is 4.81. The van der Waals surface area contributed by atoms with E-state index in [9.17, 15) is 4.79 Å². The molecule has 0 spiro atoms. The van der Waals surface area contributed by atoms with Crippen LogP contribution in [0.1, 0.15) is 32.6 Å². The topological polar surface area (TPSA) is 32.3 Å². The van der Waals surface area contributed by atoms with Crippen LogP contribution in [0.5, 0.6) is 0 Å². The van der Waals surface area contributed by atoms with Gasteiger partial charge in [0.2, 0.25) is 5.91 Å². The lowest BCUT2D eigenvalue weighted by molar-refractivity contribution is -0.133. The van der Waals surface area contributed by atoms with Gasteiger partial charge in [-0.3, -0.25) is 4.79 Å². The second-order valence-electron chi connectivity index (χ2n) is 5.67. The second-order valence-corrected chi connectivity index (χ2v) is 6.98. The first-order valence-electron chi connectivity index (χ1n) is 6.92. The van der Waals surface area contributed by atoms with Gasteiger partial charge in [0.1, 0.15) is 0 Å². The zero-order chi connectivity index (χ0) is 11.8. The zero-order valence-corrected chi connectivity index (χ0v) is 11.3. The summed E-state index contributed by atoms with van der Waals surface area (Å²) in [6.45, 7) is 4.35. The Bertz CT molecular complexity index is 304. The van der Waals surface area contributed by atoms with Crippen LogP contribution in [0.3, 0.4) is 0 Å². The Kier molecular flexibility index (Phi) is 3.35. The lowest BCUT2D eigenvalue weighted by Crippen LogP contribution is -2.47. The number of likely N-dealkylation sites (tertiary alicyclic amines) is 1. The van der Waals surface area contributed by atoms with Gasteiger partial charge in [-0.2, -0.15) is 0 Å². The van der Waals surface area contributed by atoms with Crippen LogP contribution in [0.2, 0.25) is 0 Å². The Balaban J connectivity index is 1.71. The van der Waals surface area contributed by atoms with Crippen LogP contribution >= 0.6 is 11.8 Å². The fourth-order valence-electron chi connectivity index (χ4n) is 3.65. The summed E-state index contributed by atoms with van der Waals surface area (Å²) in [5, 5.41) is 3.69. The monoisotopic (exact) mass is 254 g/mol. The van der Waals surface area contributed by atoms with E-state index in [2.05, 4.69) is 17.1 Å². The van der Waals surface area contributed by atoms with Crippen molar-refractivity contribution in [1.29, 1.82) is 0 Å². The van der Waals surface area contributed by atoms with Crippen LogP contribution in [-0.2, 0) is 4.79 Å². The fourth-order valence-corrected chi connectivity index (χ4v) is 4.90. The molecule has 0 aromatic heterocycles. The van der Waals surface area contributed by atoms with Crippen LogP contribution in [0.25, 0.3) is 0 Å². The SMILES string of the molecule is CC1CC2CNCC2N1C(=O)C1CCCCS1. The third-order valence-corrected chi connectivity index (χ3v) is 5.85. The van der Waals surface area contributed by atoms with Gasteiger partial charge in [-0.15, -0.1) is 11.8 Å². The van der Waals surface area contributed by atoms with Gasteiger partial charge in [0, 0.05) is 25.2 Å². The molecule has 3 aliphatic rings. The lowest BCUT2D eigenvalue weighted by atomic mass is 10.0. The highest BCUT2D eigenvalue weighted by molar-refractivity contribution is 8.00. The molecule has 96 valence electrons. The summed E-state index contributed by atoms with van der Waals surface area (Å²) in [5.74, 6) is 2.31. The molecule has 3 rings (SSSR count). The highest BCUT2D eigenvalue weighted by Gasteiger charge is 2.45. The summed E-state index contributed by atoms with van der Waals surface area (Å²) in [6.07, 6.45) is 4.81. The van der Waals surface area contributed by atoms with Gasteiger partial charge >= 0.3 is 0 Å². The van der Waals surface area contributed by atoms with Crippen molar-refractivity contribution in [2.45, 2.75) is 49.9 Å². The quantitative estimate of drug-likeness (QED) is 0.769. The van der Waals surface area contributed by atoms with Crippen LogP contribution in [-0.4, -0.2) is 47.0 Å². The van der Waals surface area contributed by atoms with Crippen molar-refractivity contribution in [3.63, 3.8) is 0 Å². The average Bonchev–Trinajstić information content (AvgIpc) is 2.89. The number of carbonyl (C=O) groups is 1. The summed E-state index contributed by atoms with van der Waals surface area (Å²) in [7, 11) is 0. The molecule has 0 aromatic carbocycles. The van der Waals surface area contributed by atoms with Crippen molar-refractivity contribution < 1.29 is 4.79 Å². The van der Waals surface area contributed by atoms with Gasteiger partial charge in [0.05, 0.1) is 5.25 Å². The maximum Gasteiger partial charge on any atom is 0.236 e. The standard InChI is InChI=1S/C13H22N2OS/c1-9-6-10-7-14-8-11(10)15(9)13(16)12-4-2-3-5-17-12/h9-12,14H,2-8H2,1H3. The van der Waals surface area contributed by atoms with Crippen molar-refractivity contribution in [2.24, 2.45) is 5.92 Å². The van der Waals surface area contributed by atoms with E-state index >= 15 is 0 Å². The molecule has 3 nitrogen and oxygen atoms in total. The molecule has 0 aliphatic carbocycles. The normalized spacial score (nSPS) is 41.6. The van der Waals surface area contributed by atoms with Gasteiger partial charge in [0.15, 0.2) is 0 Å². The first kappa shape index (κ1) is 11.8. The Morgan fingerprint density at radius 1 is 1.35 bits per heavy atom. The van der Waals surface area contributed by atoms with Crippen LogP contribution in [0.4, 0.5) is 0 Å². The van der Waals surface area contributed by atoms with E-state index in [0.717, 1.165) is 19.5 Å². The summed E-state index contributed by atoms with van der Waals surface area (Å²) in [5.41, 5.74) is 0. The van der Waals surface area contributed by atoms with E-state index in [1.165, 1.54) is 25.0 Å². The van der Waals surface area contributed by atoms with Gasteiger partial charge < -0.3 is 10.2 Å². The molecule has 17 heavy (non-hydrogen) atoms. The number of fused-ring (bicyclic) bond motifs is 1. The number of thioether (sulfide) groups is 1. The smallest absolute Gasteiger partial charge is 0.236 e. The molecule has 0 radical (unpaired) electrons. The van der Waals surface area contributed by atoms with Crippen molar-refractivity contribution >= 4 is 17.7 Å². The maximum atomic E-state index is 12.6. The van der Waals surface area contributed by atoms with Gasteiger partial charge in [-0.25, -0.2) is 0 Å². The molecule has 4 atom stereocenters. The minimum atomic E-state index is 0.255. The first-order chi connectivity index (χ1) is 8.27. The summed E-state index contributed by atoms with van der Waals surface area (Å²) in [6, 6.07) is 0.946. The number of nitrogens with zero attached hydrogens (tertiary/aromatic N) is 1. The van der Waals surface area contributed by atoms with E-state index in [-0.39, 0.29) is 5.25 Å². The van der Waals surface area contributed by atoms with Crippen LogP contribution in [0, 0.1) is 5.92 Å². The highest BCUT2D eigenvalue weighted by Crippen LogP contribution is 2.35. The van der Waals surface area contributed by atoms with E-state index in [1.54, 1.807) is 0 Å². The number of nitrogens with one attached hydrogen (secondary N) is 1. The molecule has 3 heterocycles. The third kappa shape index (κ3) is 2.10. The first-order valence-corrected chi connectivity index (χ1v) is 7.96. The minimum Gasteiger partial charge on any atom is -0.334 e. The summed E-state index contributed by atoms with van der Waals surface area (Å²) in [4.78, 5) is 14.8. The number of hydrogen-bond donors (Lipinski definition) is 1. The van der Waals surface area contributed by atoms with E-state index in [4.69, 9.17) is 0 Å². The number of amides is 1. The van der Waals surface area contributed by atoms with Crippen molar-refractivity contribution in [2.75, 3.05) is 18.8 Å². The summed E-state index contributed by atoms with van der Waals surface area (Å²) >= 11 is 1.88. The van der Waals surface area contributed by atoms with Gasteiger partial charge in [0.25, 0.3) is 0 Å². The van der Waals surface area contributed by atoms with Crippen LogP contribution < -0.4 is 5.32 Å². The lowest BCUT2D eigenvalue weighted by Gasteiger charge is -2.32. The largest absolute Gasteiger partial charge is 0.334 e. The van der Waals surface area contributed by atoms with E-state index in [1.807, 2.05) is 11.8 Å². The molecular formula is C13H22N2OS. The Morgan fingerprint density at radius 3 is 3.00 bits per heavy atom. The predicted octanol–water partition coefficient (Wildman–Crippen LogP) is 1.48. The average molecular weight is 254 g/mol. The van der Waals surface area contributed by atoms with Crippen molar-refractivity contribution in [3.05, 3.63) is 0 Å². The minimum absolute atomic E-state index is 0.255. The van der Waals surface area contributed by atoms with Crippen LogP contribution in [0.15, 0.2) is 0 Å². The molecule has 3 fully saturated rings. The van der Waals surface area contributed by atoms with E-state index in [0.29, 0.717) is 23.9 Å². The number of rotatable bonds is 1. The van der Waals surface area contributed by atoms with Gasteiger partial charge in [-0.05, 0) is 37.9 Å². The Hall–Kier alpha value is -0.220. The molecule has 0 aromatic rings. The molecule has 1 amide bonds. The highest BCUT2D eigenvalue weighted by atomic mass is 32.2. The third-order valence-electron chi connectivity index (χ3n) is 4.49. The molecule has 1 N–H and O–H groups in total. The Morgan fingerprint density at radius 2 is 2.24 bits per heavy atom. The Labute approximate surface area is 108 Å². The molecule has 0 saturated carbocycles. The van der Waals surface area contributed by atoms with Gasteiger partial charge in [-0.1, -0.05) is 6.42 Å². The molecule has 4 heteroatoms. The van der Waals surface area contributed by atoms with Crippen molar-refractivity contribution in [1.82, 2.24) is 10.2 Å². The van der Waals surface area contributed by atoms with Crippen molar-refractivity contribution in [3.8, 4) is 0 Å². The molecular weight excluding hydrogens is 232 g/mol. The summed E-state index contributed by atoms with van der Waals surface area (Å²) < 4.78 is 0. The molecule has 0 bridgehead atoms.